The lowest BCUT2D eigenvalue weighted by atomic mass is 10.1. The number of para-hydroxylation sites is 2. The second-order valence-corrected chi connectivity index (χ2v) is 8.36. The van der Waals surface area contributed by atoms with Crippen molar-refractivity contribution in [2.24, 2.45) is 0 Å². The van der Waals surface area contributed by atoms with E-state index in [0.29, 0.717) is 22.3 Å². The number of fused-ring (bicyclic) bond motifs is 2. The molecule has 0 saturated carbocycles. The number of rotatable bonds is 6. The Kier molecular flexibility index (Phi) is 6.80. The fraction of sp³-hybridized carbons (Fsp3) is 0.238. The summed E-state index contributed by atoms with van der Waals surface area (Å²) in [6.45, 7) is 1.48. The van der Waals surface area contributed by atoms with Gasteiger partial charge in [-0.15, -0.1) is 12.4 Å². The lowest BCUT2D eigenvalue weighted by Crippen LogP contribution is -2.33. The summed E-state index contributed by atoms with van der Waals surface area (Å²) in [7, 11) is 4.06. The molecule has 0 saturated heterocycles. The SMILES string of the molecule is CN(C)CCCN(C(=O)c1c[nH]c2ccccc12)c1nc2c(Cl)cccc2s1.Cl. The van der Waals surface area contributed by atoms with Crippen molar-refractivity contribution in [1.29, 1.82) is 0 Å². The minimum atomic E-state index is -0.0496. The van der Waals surface area contributed by atoms with E-state index in [4.69, 9.17) is 11.6 Å². The highest BCUT2D eigenvalue weighted by atomic mass is 35.5. The topological polar surface area (TPSA) is 52.2 Å². The van der Waals surface area contributed by atoms with Crippen LogP contribution >= 0.6 is 35.3 Å². The average Bonchev–Trinajstić information content (AvgIpc) is 3.29. The largest absolute Gasteiger partial charge is 0.360 e. The van der Waals surface area contributed by atoms with Gasteiger partial charge in [0.25, 0.3) is 5.91 Å². The summed E-state index contributed by atoms with van der Waals surface area (Å²) < 4.78 is 0.979. The lowest BCUT2D eigenvalue weighted by molar-refractivity contribution is 0.0987. The monoisotopic (exact) mass is 448 g/mol. The van der Waals surface area contributed by atoms with Gasteiger partial charge < -0.3 is 9.88 Å². The van der Waals surface area contributed by atoms with Crippen LogP contribution in [0, 0.1) is 0 Å². The van der Waals surface area contributed by atoms with Gasteiger partial charge in [-0.2, -0.15) is 0 Å². The van der Waals surface area contributed by atoms with Crippen LogP contribution in [0.5, 0.6) is 0 Å². The molecule has 4 aromatic rings. The molecule has 1 amide bonds. The van der Waals surface area contributed by atoms with Crippen molar-refractivity contribution in [2.45, 2.75) is 6.42 Å². The zero-order chi connectivity index (χ0) is 19.7. The zero-order valence-electron chi connectivity index (χ0n) is 16.2. The Morgan fingerprint density at radius 3 is 2.69 bits per heavy atom. The number of halogens is 2. The van der Waals surface area contributed by atoms with E-state index in [-0.39, 0.29) is 18.3 Å². The zero-order valence-corrected chi connectivity index (χ0v) is 18.6. The van der Waals surface area contributed by atoms with Crippen molar-refractivity contribution < 1.29 is 4.79 Å². The van der Waals surface area contributed by atoms with Gasteiger partial charge in [0.15, 0.2) is 5.13 Å². The Morgan fingerprint density at radius 1 is 1.14 bits per heavy atom. The van der Waals surface area contributed by atoms with E-state index in [1.54, 1.807) is 11.1 Å². The minimum absolute atomic E-state index is 0. The molecule has 0 spiro atoms. The van der Waals surface area contributed by atoms with Gasteiger partial charge >= 0.3 is 0 Å². The predicted octanol–water partition coefficient (Wildman–Crippen LogP) is 5.45. The maximum atomic E-state index is 13.5. The van der Waals surface area contributed by atoms with Gasteiger partial charge in [0.05, 0.1) is 15.3 Å². The first kappa shape index (κ1) is 21.6. The van der Waals surface area contributed by atoms with E-state index >= 15 is 0 Å². The third-order valence-corrected chi connectivity index (χ3v) is 5.99. The Morgan fingerprint density at radius 2 is 1.93 bits per heavy atom. The highest BCUT2D eigenvalue weighted by Gasteiger charge is 2.24. The number of nitrogens with one attached hydrogen (secondary N) is 1. The van der Waals surface area contributed by atoms with Crippen LogP contribution in [0.1, 0.15) is 16.8 Å². The fourth-order valence-electron chi connectivity index (χ4n) is 3.24. The Bertz CT molecular complexity index is 1140. The van der Waals surface area contributed by atoms with Gasteiger partial charge in [0.2, 0.25) is 0 Å². The number of benzene rings is 2. The second kappa shape index (κ2) is 9.13. The van der Waals surface area contributed by atoms with Crippen LogP contribution in [0.2, 0.25) is 5.02 Å². The molecule has 2 heterocycles. The summed E-state index contributed by atoms with van der Waals surface area (Å²) in [5.74, 6) is -0.0496. The normalized spacial score (nSPS) is 11.2. The van der Waals surface area contributed by atoms with Crippen LogP contribution in [0.15, 0.2) is 48.7 Å². The van der Waals surface area contributed by atoms with E-state index < -0.39 is 0 Å². The summed E-state index contributed by atoms with van der Waals surface area (Å²) in [5.41, 5.74) is 2.35. The Hall–Kier alpha value is -2.12. The number of H-pyrrole nitrogens is 1. The molecule has 0 aliphatic carbocycles. The summed E-state index contributed by atoms with van der Waals surface area (Å²) in [5, 5.41) is 2.20. The standard InChI is InChI=1S/C21H21ClN4OS.ClH/c1-25(2)11-6-12-26(21-24-19-16(22)8-5-10-18(19)28-21)20(27)15-13-23-17-9-4-3-7-14(15)17;/h3-5,7-10,13,23H,6,11-12H2,1-2H3;1H. The van der Waals surface area contributed by atoms with Crippen LogP contribution < -0.4 is 4.90 Å². The number of nitrogens with zero attached hydrogens (tertiary/aromatic N) is 3. The van der Waals surface area contributed by atoms with Crippen molar-refractivity contribution in [2.75, 3.05) is 32.1 Å². The number of hydrogen-bond donors (Lipinski definition) is 1. The predicted molar refractivity (Wildman–Crippen MR) is 125 cm³/mol. The Balaban J connectivity index is 0.00000240. The minimum Gasteiger partial charge on any atom is -0.360 e. The van der Waals surface area contributed by atoms with Gasteiger partial charge in [-0.25, -0.2) is 4.98 Å². The van der Waals surface area contributed by atoms with Crippen LogP contribution in [0.4, 0.5) is 5.13 Å². The molecule has 8 heteroatoms. The number of carbonyl (C=O) groups excluding carboxylic acids is 1. The summed E-state index contributed by atoms with van der Waals surface area (Å²) in [6.07, 6.45) is 2.64. The molecule has 2 aromatic carbocycles. The molecule has 0 unspecified atom stereocenters. The molecule has 0 atom stereocenters. The number of hydrogen-bond acceptors (Lipinski definition) is 4. The number of thiazole rings is 1. The lowest BCUT2D eigenvalue weighted by Gasteiger charge is -2.20. The van der Waals surface area contributed by atoms with E-state index in [1.807, 2.05) is 56.6 Å². The molecule has 152 valence electrons. The van der Waals surface area contributed by atoms with E-state index in [9.17, 15) is 4.79 Å². The number of carbonyl (C=O) groups is 1. The number of aromatic amines is 1. The van der Waals surface area contributed by atoms with Gasteiger partial charge in [-0.3, -0.25) is 9.69 Å². The van der Waals surface area contributed by atoms with Crippen LogP contribution in [0.3, 0.4) is 0 Å². The number of aromatic nitrogens is 2. The van der Waals surface area contributed by atoms with Gasteiger partial charge in [-0.1, -0.05) is 47.2 Å². The second-order valence-electron chi connectivity index (χ2n) is 6.94. The molecule has 0 fully saturated rings. The molecule has 1 N–H and O–H groups in total. The van der Waals surface area contributed by atoms with Crippen molar-refractivity contribution >= 4 is 67.5 Å². The van der Waals surface area contributed by atoms with E-state index in [1.165, 1.54) is 11.3 Å². The molecule has 0 bridgehead atoms. The quantitative estimate of drug-likeness (QED) is 0.426. The highest BCUT2D eigenvalue weighted by molar-refractivity contribution is 7.22. The smallest absolute Gasteiger partial charge is 0.262 e. The molecule has 0 aliphatic heterocycles. The van der Waals surface area contributed by atoms with Crippen LogP contribution in [-0.4, -0.2) is 48.0 Å². The van der Waals surface area contributed by atoms with Gasteiger partial charge in [-0.05, 0) is 45.3 Å². The molecule has 0 radical (unpaired) electrons. The third-order valence-electron chi connectivity index (χ3n) is 4.64. The number of amides is 1. The first-order valence-electron chi connectivity index (χ1n) is 9.12. The maximum Gasteiger partial charge on any atom is 0.262 e. The molecular weight excluding hydrogens is 427 g/mol. The summed E-state index contributed by atoms with van der Waals surface area (Å²) >= 11 is 7.80. The van der Waals surface area contributed by atoms with E-state index in [2.05, 4.69) is 14.9 Å². The average molecular weight is 449 g/mol. The molecule has 0 aliphatic rings. The molecule has 5 nitrogen and oxygen atoms in total. The maximum absolute atomic E-state index is 13.5. The first-order chi connectivity index (χ1) is 13.5. The van der Waals surface area contributed by atoms with Crippen molar-refractivity contribution in [3.05, 3.63) is 59.2 Å². The van der Waals surface area contributed by atoms with Gasteiger partial charge in [0, 0.05) is 23.6 Å². The molecule has 29 heavy (non-hydrogen) atoms. The van der Waals surface area contributed by atoms with Crippen molar-refractivity contribution in [1.82, 2.24) is 14.9 Å². The van der Waals surface area contributed by atoms with Gasteiger partial charge in [0.1, 0.15) is 5.52 Å². The third kappa shape index (κ3) is 4.41. The fourth-order valence-corrected chi connectivity index (χ4v) is 4.53. The highest BCUT2D eigenvalue weighted by Crippen LogP contribution is 2.34. The summed E-state index contributed by atoms with van der Waals surface area (Å²) in [4.78, 5) is 25.3. The van der Waals surface area contributed by atoms with E-state index in [0.717, 1.165) is 34.1 Å². The Labute approximate surface area is 184 Å². The molecular formula is C21H22Cl2N4OS. The first-order valence-corrected chi connectivity index (χ1v) is 10.3. The van der Waals surface area contributed by atoms with Crippen molar-refractivity contribution in [3.8, 4) is 0 Å². The molecule has 4 rings (SSSR count). The van der Waals surface area contributed by atoms with Crippen LogP contribution in [-0.2, 0) is 0 Å². The summed E-state index contributed by atoms with van der Waals surface area (Å²) in [6, 6.07) is 13.6. The van der Waals surface area contributed by atoms with Crippen LogP contribution in [0.25, 0.3) is 21.1 Å². The number of anilines is 1. The molecule has 2 aromatic heterocycles. The van der Waals surface area contributed by atoms with Crippen molar-refractivity contribution in [3.63, 3.8) is 0 Å².